The highest BCUT2D eigenvalue weighted by Gasteiger charge is 2.14. The minimum atomic E-state index is 0.506. The second-order valence-electron chi connectivity index (χ2n) is 4.78. The van der Waals surface area contributed by atoms with Gasteiger partial charge in [0, 0.05) is 10.5 Å². The smallest absolute Gasteiger partial charge is 0.171 e. The SMILES string of the molecule is COc1ccc(Br)cc1NC(=S)NC1CCCCC1. The van der Waals surface area contributed by atoms with E-state index in [9.17, 15) is 0 Å². The van der Waals surface area contributed by atoms with Crippen LogP contribution in [0.3, 0.4) is 0 Å². The van der Waals surface area contributed by atoms with Gasteiger partial charge in [-0.2, -0.15) is 0 Å². The first kappa shape index (κ1) is 14.6. The summed E-state index contributed by atoms with van der Waals surface area (Å²) in [5.74, 6) is 0.788. The van der Waals surface area contributed by atoms with Crippen molar-refractivity contribution < 1.29 is 4.74 Å². The number of ether oxygens (including phenoxy) is 1. The Morgan fingerprint density at radius 1 is 1.32 bits per heavy atom. The molecule has 0 radical (unpaired) electrons. The van der Waals surface area contributed by atoms with E-state index < -0.39 is 0 Å². The van der Waals surface area contributed by atoms with Crippen LogP contribution >= 0.6 is 28.1 Å². The summed E-state index contributed by atoms with van der Waals surface area (Å²) in [5.41, 5.74) is 0.880. The fourth-order valence-corrected chi connectivity index (χ4v) is 3.01. The van der Waals surface area contributed by atoms with Crippen LogP contribution in [0.2, 0.25) is 0 Å². The number of halogens is 1. The summed E-state index contributed by atoms with van der Waals surface area (Å²) in [7, 11) is 1.66. The summed E-state index contributed by atoms with van der Waals surface area (Å²) >= 11 is 8.83. The summed E-state index contributed by atoms with van der Waals surface area (Å²) in [5, 5.41) is 7.27. The summed E-state index contributed by atoms with van der Waals surface area (Å²) in [6.07, 6.45) is 6.34. The zero-order valence-electron chi connectivity index (χ0n) is 11.0. The second-order valence-corrected chi connectivity index (χ2v) is 6.10. The van der Waals surface area contributed by atoms with E-state index in [1.807, 2.05) is 18.2 Å². The van der Waals surface area contributed by atoms with Crippen molar-refractivity contribution in [2.45, 2.75) is 38.1 Å². The van der Waals surface area contributed by atoms with Gasteiger partial charge in [-0.1, -0.05) is 35.2 Å². The summed E-state index contributed by atoms with van der Waals surface area (Å²) in [6.45, 7) is 0. The molecule has 1 saturated carbocycles. The molecular weight excluding hydrogens is 324 g/mol. The van der Waals surface area contributed by atoms with E-state index in [0.29, 0.717) is 11.2 Å². The standard InChI is InChI=1S/C14H19BrN2OS/c1-18-13-8-7-10(15)9-12(13)17-14(19)16-11-5-3-2-4-6-11/h7-9,11H,2-6H2,1H3,(H2,16,17,19). The van der Waals surface area contributed by atoms with E-state index >= 15 is 0 Å². The van der Waals surface area contributed by atoms with Crippen LogP contribution < -0.4 is 15.4 Å². The number of nitrogens with one attached hydrogen (secondary N) is 2. The van der Waals surface area contributed by atoms with Crippen LogP contribution in [0, 0.1) is 0 Å². The van der Waals surface area contributed by atoms with Crippen LogP contribution in [-0.2, 0) is 0 Å². The van der Waals surface area contributed by atoms with Gasteiger partial charge >= 0.3 is 0 Å². The van der Waals surface area contributed by atoms with Crippen molar-refractivity contribution in [3.8, 4) is 5.75 Å². The first-order chi connectivity index (χ1) is 9.19. The minimum Gasteiger partial charge on any atom is -0.495 e. The third-order valence-corrected chi connectivity index (χ3v) is 4.06. The Labute approximate surface area is 128 Å². The average molecular weight is 343 g/mol. The van der Waals surface area contributed by atoms with E-state index in [0.717, 1.165) is 15.9 Å². The van der Waals surface area contributed by atoms with Crippen molar-refractivity contribution in [2.24, 2.45) is 0 Å². The molecule has 0 aliphatic heterocycles. The van der Waals surface area contributed by atoms with Crippen LogP contribution in [-0.4, -0.2) is 18.3 Å². The Morgan fingerprint density at radius 3 is 2.74 bits per heavy atom. The van der Waals surface area contributed by atoms with Crippen molar-refractivity contribution >= 4 is 38.9 Å². The molecule has 2 rings (SSSR count). The topological polar surface area (TPSA) is 33.3 Å². The van der Waals surface area contributed by atoms with Crippen molar-refractivity contribution in [3.05, 3.63) is 22.7 Å². The molecule has 1 aliphatic rings. The van der Waals surface area contributed by atoms with Gasteiger partial charge in [-0.25, -0.2) is 0 Å². The number of methoxy groups -OCH3 is 1. The van der Waals surface area contributed by atoms with Gasteiger partial charge in [-0.05, 0) is 43.3 Å². The van der Waals surface area contributed by atoms with Gasteiger partial charge in [0.1, 0.15) is 5.75 Å². The molecule has 1 aliphatic carbocycles. The molecule has 0 atom stereocenters. The van der Waals surface area contributed by atoms with E-state index in [1.54, 1.807) is 7.11 Å². The Morgan fingerprint density at radius 2 is 2.05 bits per heavy atom. The molecule has 0 heterocycles. The zero-order valence-corrected chi connectivity index (χ0v) is 13.4. The van der Waals surface area contributed by atoms with Crippen LogP contribution in [0.5, 0.6) is 5.75 Å². The summed E-state index contributed by atoms with van der Waals surface area (Å²) in [4.78, 5) is 0. The van der Waals surface area contributed by atoms with Gasteiger partial charge in [0.05, 0.1) is 12.8 Å². The van der Waals surface area contributed by atoms with Crippen molar-refractivity contribution in [1.82, 2.24) is 5.32 Å². The van der Waals surface area contributed by atoms with Crippen molar-refractivity contribution in [3.63, 3.8) is 0 Å². The van der Waals surface area contributed by atoms with E-state index in [1.165, 1.54) is 32.1 Å². The highest BCUT2D eigenvalue weighted by molar-refractivity contribution is 9.10. The maximum atomic E-state index is 5.37. The average Bonchev–Trinajstić information content (AvgIpc) is 2.40. The molecule has 0 bridgehead atoms. The molecule has 0 aromatic heterocycles. The maximum absolute atomic E-state index is 5.37. The number of thiocarbonyl (C=S) groups is 1. The predicted octanol–water partition coefficient (Wildman–Crippen LogP) is 4.08. The zero-order chi connectivity index (χ0) is 13.7. The molecule has 104 valence electrons. The lowest BCUT2D eigenvalue weighted by Gasteiger charge is -2.24. The van der Waals surface area contributed by atoms with E-state index in [2.05, 4.69) is 26.6 Å². The van der Waals surface area contributed by atoms with Crippen LogP contribution in [0.4, 0.5) is 5.69 Å². The summed E-state index contributed by atoms with van der Waals surface area (Å²) in [6, 6.07) is 6.33. The molecule has 1 fully saturated rings. The number of benzene rings is 1. The summed E-state index contributed by atoms with van der Waals surface area (Å²) < 4.78 is 6.32. The molecule has 0 saturated heterocycles. The maximum Gasteiger partial charge on any atom is 0.171 e. The number of hydrogen-bond acceptors (Lipinski definition) is 2. The third-order valence-electron chi connectivity index (χ3n) is 3.35. The van der Waals surface area contributed by atoms with Crippen LogP contribution in [0.1, 0.15) is 32.1 Å². The minimum absolute atomic E-state index is 0.506. The fourth-order valence-electron chi connectivity index (χ4n) is 2.37. The van der Waals surface area contributed by atoms with Gasteiger partial charge < -0.3 is 15.4 Å². The molecule has 0 spiro atoms. The lowest BCUT2D eigenvalue weighted by atomic mass is 9.96. The first-order valence-corrected chi connectivity index (χ1v) is 7.80. The highest BCUT2D eigenvalue weighted by atomic mass is 79.9. The van der Waals surface area contributed by atoms with Crippen molar-refractivity contribution in [2.75, 3.05) is 12.4 Å². The van der Waals surface area contributed by atoms with Crippen LogP contribution in [0.15, 0.2) is 22.7 Å². The molecule has 5 heteroatoms. The van der Waals surface area contributed by atoms with Gasteiger partial charge in [0.2, 0.25) is 0 Å². The largest absolute Gasteiger partial charge is 0.495 e. The second kappa shape index (κ2) is 7.10. The molecule has 1 aromatic carbocycles. The molecule has 2 N–H and O–H groups in total. The van der Waals surface area contributed by atoms with Gasteiger partial charge in [-0.15, -0.1) is 0 Å². The lowest BCUT2D eigenvalue weighted by Crippen LogP contribution is -2.38. The van der Waals surface area contributed by atoms with Gasteiger partial charge in [0.25, 0.3) is 0 Å². The van der Waals surface area contributed by atoms with E-state index in [-0.39, 0.29) is 0 Å². The van der Waals surface area contributed by atoms with E-state index in [4.69, 9.17) is 17.0 Å². The molecular formula is C14H19BrN2OS. The Bertz CT molecular complexity index is 447. The molecule has 0 unspecified atom stereocenters. The Balaban J connectivity index is 1.95. The number of rotatable bonds is 3. The predicted molar refractivity (Wildman–Crippen MR) is 86.9 cm³/mol. The third kappa shape index (κ3) is 4.35. The Kier molecular flexibility index (Phi) is 5.45. The van der Waals surface area contributed by atoms with Crippen LogP contribution in [0.25, 0.3) is 0 Å². The van der Waals surface area contributed by atoms with Gasteiger partial charge in [-0.3, -0.25) is 0 Å². The highest BCUT2D eigenvalue weighted by Crippen LogP contribution is 2.28. The molecule has 3 nitrogen and oxygen atoms in total. The molecule has 0 amide bonds. The number of hydrogen-bond donors (Lipinski definition) is 2. The quantitative estimate of drug-likeness (QED) is 0.811. The normalized spacial score (nSPS) is 15.9. The molecule has 19 heavy (non-hydrogen) atoms. The van der Waals surface area contributed by atoms with Crippen molar-refractivity contribution in [1.29, 1.82) is 0 Å². The van der Waals surface area contributed by atoms with Gasteiger partial charge in [0.15, 0.2) is 5.11 Å². The number of anilines is 1. The first-order valence-electron chi connectivity index (χ1n) is 6.60. The lowest BCUT2D eigenvalue weighted by molar-refractivity contribution is 0.413. The molecule has 1 aromatic rings. The monoisotopic (exact) mass is 342 g/mol. The fraction of sp³-hybridized carbons (Fsp3) is 0.500. The Hall–Kier alpha value is -0.810.